The van der Waals surface area contributed by atoms with Gasteiger partial charge in [0.15, 0.2) is 0 Å². The minimum Gasteiger partial charge on any atom is -0.382 e. The van der Waals surface area contributed by atoms with Crippen molar-refractivity contribution in [1.82, 2.24) is 4.90 Å². The third kappa shape index (κ3) is 28.5. The number of nitrogens with zero attached hydrogens (tertiary/aromatic N) is 1. The molecule has 0 aliphatic carbocycles. The van der Waals surface area contributed by atoms with E-state index in [2.05, 4.69) is 25.8 Å². The molecule has 0 heterocycles. The molecule has 0 unspecified atom stereocenters. The van der Waals surface area contributed by atoms with Crippen molar-refractivity contribution in [3.8, 4) is 0 Å². The molecule has 0 aliphatic rings. The Labute approximate surface area is 228 Å². The van der Waals surface area contributed by atoms with Crippen molar-refractivity contribution in [1.29, 1.82) is 0 Å². The zero-order chi connectivity index (χ0) is 26.4. The molecule has 0 aliphatic heterocycles. The first kappa shape index (κ1) is 35.9. The highest BCUT2D eigenvalue weighted by atomic mass is 16.5. The topological polar surface area (TPSA) is 21.7 Å². The summed E-state index contributed by atoms with van der Waals surface area (Å²) in [5, 5.41) is 0. The highest BCUT2D eigenvalue weighted by Gasteiger charge is 2.12. The van der Waals surface area contributed by atoms with Crippen LogP contribution in [-0.2, 0) is 9.47 Å². The fourth-order valence-electron chi connectivity index (χ4n) is 5.38. The number of hydrogen-bond acceptors (Lipinski definition) is 3. The molecule has 0 aromatic carbocycles. The Hall–Kier alpha value is -0.120. The van der Waals surface area contributed by atoms with Crippen LogP contribution in [0.4, 0.5) is 0 Å². The van der Waals surface area contributed by atoms with Crippen LogP contribution >= 0.6 is 0 Å². The van der Waals surface area contributed by atoms with Crippen LogP contribution in [0.1, 0.15) is 162 Å². The Bertz CT molecular complexity index is 366. The lowest BCUT2D eigenvalue weighted by Gasteiger charge is -2.24. The predicted molar refractivity (Wildman–Crippen MR) is 161 cm³/mol. The normalized spacial score (nSPS) is 11.8. The molecule has 0 aromatic heterocycles. The smallest absolute Gasteiger partial charge is 0.0700 e. The second-order valence-corrected chi connectivity index (χ2v) is 11.5. The van der Waals surface area contributed by atoms with E-state index in [4.69, 9.17) is 9.47 Å². The summed E-state index contributed by atoms with van der Waals surface area (Å²) in [5.41, 5.74) is 0. The van der Waals surface area contributed by atoms with Gasteiger partial charge in [-0.05, 0) is 32.2 Å². The van der Waals surface area contributed by atoms with Crippen LogP contribution in [0.15, 0.2) is 0 Å². The average molecular weight is 512 g/mol. The second kappa shape index (κ2) is 31.1. The lowest BCUT2D eigenvalue weighted by atomic mass is 9.93. The van der Waals surface area contributed by atoms with E-state index in [9.17, 15) is 0 Å². The van der Waals surface area contributed by atoms with Gasteiger partial charge in [-0.2, -0.15) is 0 Å². The first-order valence-corrected chi connectivity index (χ1v) is 16.5. The van der Waals surface area contributed by atoms with Gasteiger partial charge in [0.05, 0.1) is 13.2 Å². The molecule has 0 bridgehead atoms. The molecule has 36 heavy (non-hydrogen) atoms. The van der Waals surface area contributed by atoms with Crippen LogP contribution < -0.4 is 0 Å². The Balaban J connectivity index is 4.01. The third-order valence-corrected chi connectivity index (χ3v) is 7.76. The van der Waals surface area contributed by atoms with Crippen LogP contribution in [0.3, 0.4) is 0 Å². The van der Waals surface area contributed by atoms with Gasteiger partial charge in [0.2, 0.25) is 0 Å². The fraction of sp³-hybridized carbons (Fsp3) is 1.00. The summed E-state index contributed by atoms with van der Waals surface area (Å²) in [6, 6.07) is 0. The van der Waals surface area contributed by atoms with Crippen LogP contribution in [-0.4, -0.2) is 52.0 Å². The molecule has 0 saturated heterocycles. The van der Waals surface area contributed by atoms with Gasteiger partial charge in [0, 0.05) is 26.8 Å². The Morgan fingerprint density at radius 2 is 0.917 bits per heavy atom. The maximum atomic E-state index is 5.66. The maximum absolute atomic E-state index is 5.66. The molecule has 0 atom stereocenters. The number of hydrogen-bond donors (Lipinski definition) is 0. The Kier molecular flexibility index (Phi) is 31.0. The van der Waals surface area contributed by atoms with Crippen LogP contribution in [0, 0.1) is 5.92 Å². The van der Waals surface area contributed by atoms with Crippen molar-refractivity contribution in [2.24, 2.45) is 5.92 Å². The van der Waals surface area contributed by atoms with E-state index in [0.29, 0.717) is 6.61 Å². The van der Waals surface area contributed by atoms with Crippen LogP contribution in [0.5, 0.6) is 0 Å². The van der Waals surface area contributed by atoms with Crippen molar-refractivity contribution in [3.63, 3.8) is 0 Å². The fourth-order valence-corrected chi connectivity index (χ4v) is 5.38. The summed E-state index contributed by atoms with van der Waals surface area (Å²) in [6.07, 6.45) is 32.8. The molecule has 0 aromatic rings. The first-order valence-electron chi connectivity index (χ1n) is 16.5. The van der Waals surface area contributed by atoms with E-state index in [0.717, 1.165) is 32.1 Å². The van der Waals surface area contributed by atoms with Crippen LogP contribution in [0.25, 0.3) is 0 Å². The molecule has 0 saturated carbocycles. The van der Waals surface area contributed by atoms with E-state index < -0.39 is 0 Å². The van der Waals surface area contributed by atoms with Gasteiger partial charge < -0.3 is 14.4 Å². The third-order valence-electron chi connectivity index (χ3n) is 7.76. The molecule has 0 fully saturated rings. The molecule has 218 valence electrons. The van der Waals surface area contributed by atoms with Crippen molar-refractivity contribution in [2.45, 2.75) is 162 Å². The minimum absolute atomic E-state index is 0.704. The summed E-state index contributed by atoms with van der Waals surface area (Å²) in [4.78, 5) is 2.57. The summed E-state index contributed by atoms with van der Waals surface area (Å²) in [7, 11) is 4.06. The molecule has 0 N–H and O–H groups in total. The number of ether oxygens (including phenoxy) is 2. The lowest BCUT2D eigenvalue weighted by molar-refractivity contribution is 0.0655. The van der Waals surface area contributed by atoms with Gasteiger partial charge in [-0.15, -0.1) is 0 Å². The van der Waals surface area contributed by atoms with Gasteiger partial charge in [-0.1, -0.05) is 142 Å². The predicted octanol–water partition coefficient (Wildman–Crippen LogP) is 10.2. The van der Waals surface area contributed by atoms with Gasteiger partial charge in [0.25, 0.3) is 0 Å². The summed E-state index contributed by atoms with van der Waals surface area (Å²) >= 11 is 0. The first-order chi connectivity index (χ1) is 17.7. The quantitative estimate of drug-likeness (QED) is 0.0864. The lowest BCUT2D eigenvalue weighted by Crippen LogP contribution is -2.27. The average Bonchev–Trinajstić information content (AvgIpc) is 2.88. The van der Waals surface area contributed by atoms with E-state index in [1.807, 2.05) is 0 Å². The molecule has 0 radical (unpaired) electrons. The summed E-state index contributed by atoms with van der Waals surface area (Å²) < 4.78 is 10.7. The molecule has 3 nitrogen and oxygen atoms in total. The van der Waals surface area contributed by atoms with Crippen molar-refractivity contribution in [3.05, 3.63) is 0 Å². The minimum atomic E-state index is 0.704. The van der Waals surface area contributed by atoms with Crippen molar-refractivity contribution in [2.75, 3.05) is 47.1 Å². The largest absolute Gasteiger partial charge is 0.382 e. The second-order valence-electron chi connectivity index (χ2n) is 11.5. The van der Waals surface area contributed by atoms with E-state index in [-0.39, 0.29) is 0 Å². The highest BCUT2D eigenvalue weighted by molar-refractivity contribution is 4.66. The van der Waals surface area contributed by atoms with Gasteiger partial charge in [-0.3, -0.25) is 0 Å². The molecular weight excluding hydrogens is 442 g/mol. The zero-order valence-electron chi connectivity index (χ0n) is 25.6. The van der Waals surface area contributed by atoms with Gasteiger partial charge in [0.1, 0.15) is 0 Å². The summed E-state index contributed by atoms with van der Waals surface area (Å²) in [6.45, 7) is 9.32. The molecule has 0 spiro atoms. The van der Waals surface area contributed by atoms with Gasteiger partial charge in [-0.25, -0.2) is 0 Å². The van der Waals surface area contributed by atoms with Crippen LogP contribution in [0.2, 0.25) is 0 Å². The SMILES string of the molecule is CCCCCCCCCCCCC(CCCCCCCCCCCC)CN(C)CCCOCCOC. The summed E-state index contributed by atoms with van der Waals surface area (Å²) in [5.74, 6) is 0.882. The highest BCUT2D eigenvalue weighted by Crippen LogP contribution is 2.21. The number of methoxy groups -OCH3 is 1. The molecule has 0 amide bonds. The Morgan fingerprint density at radius 1 is 0.500 bits per heavy atom. The molecule has 3 heteroatoms. The monoisotopic (exact) mass is 512 g/mol. The number of rotatable bonds is 31. The standard InChI is InChI=1S/C33H69NO2/c1-5-7-9-11-13-15-17-19-21-23-26-33(32-34(3)28-25-29-36-31-30-35-4)27-24-22-20-18-16-14-12-10-8-6-2/h33H,5-32H2,1-4H3. The molecule has 0 rings (SSSR count). The molecular formula is C33H69NO2. The van der Waals surface area contributed by atoms with E-state index in [1.165, 1.54) is 148 Å². The maximum Gasteiger partial charge on any atom is 0.0700 e. The zero-order valence-corrected chi connectivity index (χ0v) is 25.6. The van der Waals surface area contributed by atoms with E-state index in [1.54, 1.807) is 7.11 Å². The van der Waals surface area contributed by atoms with Crippen molar-refractivity contribution >= 4 is 0 Å². The van der Waals surface area contributed by atoms with Gasteiger partial charge >= 0.3 is 0 Å². The van der Waals surface area contributed by atoms with E-state index >= 15 is 0 Å². The number of unbranched alkanes of at least 4 members (excludes halogenated alkanes) is 18. The van der Waals surface area contributed by atoms with Crippen molar-refractivity contribution < 1.29 is 9.47 Å². The Morgan fingerprint density at radius 3 is 1.33 bits per heavy atom.